The summed E-state index contributed by atoms with van der Waals surface area (Å²) in [6.07, 6.45) is 2.45. The van der Waals surface area contributed by atoms with Crippen LogP contribution in [0.1, 0.15) is 37.1 Å². The summed E-state index contributed by atoms with van der Waals surface area (Å²) in [5.41, 5.74) is 2.52. The van der Waals surface area contributed by atoms with Crippen LogP contribution in [-0.2, 0) is 6.54 Å². The monoisotopic (exact) mass is 267 g/mol. The first kappa shape index (κ1) is 13.2. The third-order valence-corrected chi connectivity index (χ3v) is 3.80. The highest BCUT2D eigenvalue weighted by Crippen LogP contribution is 2.35. The van der Waals surface area contributed by atoms with Crippen molar-refractivity contribution < 1.29 is 4.74 Å². The standard InChI is InChI=1S/C18H21NO/c1-2-3-13-19-14-16-11-7-8-12-17(16)20-18(19)15-9-5-4-6-10-15/h4-12,18H,2-3,13-14H2,1H3. The van der Waals surface area contributed by atoms with E-state index in [0.717, 1.165) is 18.8 Å². The van der Waals surface area contributed by atoms with Gasteiger partial charge in [-0.15, -0.1) is 0 Å². The minimum Gasteiger partial charge on any atom is -0.471 e. The van der Waals surface area contributed by atoms with Crippen molar-refractivity contribution in [3.05, 3.63) is 65.7 Å². The average Bonchev–Trinajstić information content (AvgIpc) is 2.53. The molecule has 0 saturated heterocycles. The fourth-order valence-electron chi connectivity index (χ4n) is 2.70. The highest BCUT2D eigenvalue weighted by Gasteiger charge is 2.27. The van der Waals surface area contributed by atoms with Crippen molar-refractivity contribution in [1.29, 1.82) is 0 Å². The second-order valence-electron chi connectivity index (χ2n) is 5.31. The Balaban J connectivity index is 1.89. The number of benzene rings is 2. The van der Waals surface area contributed by atoms with Crippen LogP contribution >= 0.6 is 0 Å². The zero-order valence-corrected chi connectivity index (χ0v) is 12.0. The Labute approximate surface area is 121 Å². The Kier molecular flexibility index (Phi) is 4.03. The maximum absolute atomic E-state index is 6.25. The molecule has 1 aliphatic heterocycles. The fraction of sp³-hybridized carbons (Fsp3) is 0.333. The first-order valence-electron chi connectivity index (χ1n) is 7.42. The second kappa shape index (κ2) is 6.10. The number of para-hydroxylation sites is 1. The van der Waals surface area contributed by atoms with Crippen LogP contribution in [0, 0.1) is 0 Å². The summed E-state index contributed by atoms with van der Waals surface area (Å²) in [5.74, 6) is 1.02. The van der Waals surface area contributed by atoms with Gasteiger partial charge in [-0.1, -0.05) is 61.9 Å². The van der Waals surface area contributed by atoms with Gasteiger partial charge in [0.05, 0.1) is 0 Å². The zero-order chi connectivity index (χ0) is 13.8. The number of nitrogens with zero attached hydrogens (tertiary/aromatic N) is 1. The van der Waals surface area contributed by atoms with Gasteiger partial charge in [0.25, 0.3) is 0 Å². The lowest BCUT2D eigenvalue weighted by molar-refractivity contribution is -0.00348. The molecule has 1 unspecified atom stereocenters. The molecule has 0 amide bonds. The molecule has 0 spiro atoms. The van der Waals surface area contributed by atoms with E-state index in [4.69, 9.17) is 4.74 Å². The van der Waals surface area contributed by atoms with Crippen LogP contribution in [0.4, 0.5) is 0 Å². The summed E-state index contributed by atoms with van der Waals surface area (Å²) in [7, 11) is 0. The second-order valence-corrected chi connectivity index (χ2v) is 5.31. The minimum absolute atomic E-state index is 0.0395. The molecule has 1 atom stereocenters. The van der Waals surface area contributed by atoms with Crippen molar-refractivity contribution in [3.63, 3.8) is 0 Å². The smallest absolute Gasteiger partial charge is 0.179 e. The zero-order valence-electron chi connectivity index (χ0n) is 12.0. The number of fused-ring (bicyclic) bond motifs is 1. The number of hydrogen-bond donors (Lipinski definition) is 0. The quantitative estimate of drug-likeness (QED) is 0.815. The lowest BCUT2D eigenvalue weighted by Crippen LogP contribution is -2.36. The van der Waals surface area contributed by atoms with E-state index in [1.54, 1.807) is 0 Å². The van der Waals surface area contributed by atoms with Crippen molar-refractivity contribution in [2.45, 2.75) is 32.5 Å². The molecule has 0 aliphatic carbocycles. The van der Waals surface area contributed by atoms with Crippen LogP contribution in [-0.4, -0.2) is 11.4 Å². The topological polar surface area (TPSA) is 12.5 Å². The third-order valence-electron chi connectivity index (χ3n) is 3.80. The summed E-state index contributed by atoms with van der Waals surface area (Å²) in [6.45, 7) is 4.27. The molecule has 1 heterocycles. The molecule has 0 fully saturated rings. The summed E-state index contributed by atoms with van der Waals surface area (Å²) in [4.78, 5) is 2.43. The molecule has 104 valence electrons. The van der Waals surface area contributed by atoms with Gasteiger partial charge in [-0.25, -0.2) is 0 Å². The molecule has 3 rings (SSSR count). The molecule has 2 heteroatoms. The molecule has 20 heavy (non-hydrogen) atoms. The van der Waals surface area contributed by atoms with Crippen LogP contribution in [0.2, 0.25) is 0 Å². The third kappa shape index (κ3) is 2.70. The predicted molar refractivity (Wildman–Crippen MR) is 81.6 cm³/mol. The predicted octanol–water partition coefficient (Wildman–Crippen LogP) is 4.38. The lowest BCUT2D eigenvalue weighted by Gasteiger charge is -2.37. The first-order chi connectivity index (χ1) is 9.88. The molecule has 2 nitrogen and oxygen atoms in total. The molecular formula is C18H21NO. The molecule has 0 N–H and O–H groups in total. The van der Waals surface area contributed by atoms with Crippen LogP contribution in [0.25, 0.3) is 0 Å². The van der Waals surface area contributed by atoms with Crippen molar-refractivity contribution in [1.82, 2.24) is 4.90 Å². The summed E-state index contributed by atoms with van der Waals surface area (Å²) < 4.78 is 6.25. The maximum Gasteiger partial charge on any atom is 0.179 e. The van der Waals surface area contributed by atoms with Gasteiger partial charge in [0.1, 0.15) is 5.75 Å². The van der Waals surface area contributed by atoms with E-state index in [-0.39, 0.29) is 6.23 Å². The molecular weight excluding hydrogens is 246 g/mol. The maximum atomic E-state index is 6.25. The van der Waals surface area contributed by atoms with Crippen LogP contribution in [0.15, 0.2) is 54.6 Å². The summed E-state index contributed by atoms with van der Waals surface area (Å²) >= 11 is 0. The number of unbranched alkanes of at least 4 members (excludes halogenated alkanes) is 1. The molecule has 0 bridgehead atoms. The first-order valence-corrected chi connectivity index (χ1v) is 7.42. The van der Waals surface area contributed by atoms with E-state index < -0.39 is 0 Å². The highest BCUT2D eigenvalue weighted by atomic mass is 16.5. The normalized spacial score (nSPS) is 18.4. The summed E-state index contributed by atoms with van der Waals surface area (Å²) in [5, 5.41) is 0. The van der Waals surface area contributed by atoms with Crippen molar-refractivity contribution >= 4 is 0 Å². The average molecular weight is 267 g/mol. The van der Waals surface area contributed by atoms with E-state index >= 15 is 0 Å². The Morgan fingerprint density at radius 2 is 1.80 bits per heavy atom. The molecule has 0 radical (unpaired) electrons. The van der Waals surface area contributed by atoms with Gasteiger partial charge in [-0.2, -0.15) is 0 Å². The Hall–Kier alpha value is -1.80. The van der Waals surface area contributed by atoms with E-state index in [0.29, 0.717) is 0 Å². The molecule has 0 saturated carbocycles. The molecule has 2 aromatic carbocycles. The van der Waals surface area contributed by atoms with Crippen LogP contribution < -0.4 is 4.74 Å². The number of rotatable bonds is 4. The molecule has 1 aliphatic rings. The van der Waals surface area contributed by atoms with Gasteiger partial charge in [-0.05, 0) is 12.5 Å². The molecule has 2 aromatic rings. The van der Waals surface area contributed by atoms with Gasteiger partial charge in [-0.3, -0.25) is 4.90 Å². The summed E-state index contributed by atoms with van der Waals surface area (Å²) in [6, 6.07) is 18.9. The van der Waals surface area contributed by atoms with Crippen molar-refractivity contribution in [3.8, 4) is 5.75 Å². The number of ether oxygens (including phenoxy) is 1. The Morgan fingerprint density at radius 1 is 1.05 bits per heavy atom. The van der Waals surface area contributed by atoms with Gasteiger partial charge in [0.2, 0.25) is 0 Å². The van der Waals surface area contributed by atoms with E-state index in [9.17, 15) is 0 Å². The van der Waals surface area contributed by atoms with Crippen LogP contribution in [0.3, 0.4) is 0 Å². The fourth-order valence-corrected chi connectivity index (χ4v) is 2.70. The van der Waals surface area contributed by atoms with Crippen molar-refractivity contribution in [2.24, 2.45) is 0 Å². The van der Waals surface area contributed by atoms with Gasteiger partial charge < -0.3 is 4.74 Å². The Bertz CT molecular complexity index is 552. The minimum atomic E-state index is 0.0395. The van der Waals surface area contributed by atoms with Crippen LogP contribution in [0.5, 0.6) is 5.75 Å². The highest BCUT2D eigenvalue weighted by molar-refractivity contribution is 5.36. The SMILES string of the molecule is CCCCN1Cc2ccccc2OC1c1ccccc1. The Morgan fingerprint density at radius 3 is 2.60 bits per heavy atom. The largest absolute Gasteiger partial charge is 0.471 e. The van der Waals surface area contributed by atoms with Gasteiger partial charge >= 0.3 is 0 Å². The molecule has 0 aromatic heterocycles. The van der Waals surface area contributed by atoms with E-state index in [1.165, 1.54) is 24.0 Å². The van der Waals surface area contributed by atoms with E-state index in [1.807, 2.05) is 6.07 Å². The van der Waals surface area contributed by atoms with Gasteiger partial charge in [0.15, 0.2) is 6.23 Å². The van der Waals surface area contributed by atoms with E-state index in [2.05, 4.69) is 60.4 Å². The van der Waals surface area contributed by atoms with Gasteiger partial charge in [0, 0.05) is 24.2 Å². The van der Waals surface area contributed by atoms with Crippen molar-refractivity contribution in [2.75, 3.05) is 6.54 Å². The lowest BCUT2D eigenvalue weighted by atomic mass is 10.1. The number of hydrogen-bond acceptors (Lipinski definition) is 2.